The Morgan fingerprint density at radius 3 is 2.53 bits per heavy atom. The summed E-state index contributed by atoms with van der Waals surface area (Å²) in [5.41, 5.74) is 2.64. The molecule has 1 amide bonds. The van der Waals surface area contributed by atoms with E-state index in [1.165, 1.54) is 42.5 Å². The number of ether oxygens (including phenoxy) is 2. The summed E-state index contributed by atoms with van der Waals surface area (Å²) < 4.78 is 57.0. The van der Waals surface area contributed by atoms with Gasteiger partial charge in [0.05, 0.1) is 32.4 Å². The van der Waals surface area contributed by atoms with E-state index in [0.29, 0.717) is 43.6 Å². The lowest BCUT2D eigenvalue weighted by Crippen LogP contribution is -2.63. The fourth-order valence-corrected chi connectivity index (χ4v) is 12.7. The number of sulfonamides is 1. The van der Waals surface area contributed by atoms with Crippen molar-refractivity contribution >= 4 is 55.6 Å². The summed E-state index contributed by atoms with van der Waals surface area (Å²) in [4.78, 5) is 37.2. The smallest absolute Gasteiger partial charge is 0.297 e. The number of nitro benzene ring substituents is 1. The number of nitrogens with zero attached hydrogens (tertiary/aromatic N) is 4. The van der Waals surface area contributed by atoms with E-state index in [9.17, 15) is 32.8 Å². The molecule has 0 bridgehead atoms. The van der Waals surface area contributed by atoms with Crippen molar-refractivity contribution in [2.75, 3.05) is 43.0 Å². The number of nitrogens with one attached hydrogen (secondary N) is 3. The third kappa shape index (κ3) is 8.86. The molecule has 3 aliphatic heterocycles. The van der Waals surface area contributed by atoms with Gasteiger partial charge in [-0.05, 0) is 111 Å². The average molecular weight is 971 g/mol. The van der Waals surface area contributed by atoms with Crippen molar-refractivity contribution in [3.8, 4) is 17.2 Å². The number of amides is 1. The van der Waals surface area contributed by atoms with E-state index in [0.717, 1.165) is 63.0 Å². The summed E-state index contributed by atoms with van der Waals surface area (Å²) >= 11 is 6.54. The van der Waals surface area contributed by atoms with Gasteiger partial charge in [0.25, 0.3) is 21.6 Å². The van der Waals surface area contributed by atoms with Gasteiger partial charge >= 0.3 is 0 Å². The summed E-state index contributed by atoms with van der Waals surface area (Å²) in [6, 6.07) is 17.4. The van der Waals surface area contributed by atoms with Crippen LogP contribution in [0.4, 0.5) is 21.5 Å². The first-order valence-corrected chi connectivity index (χ1v) is 25.6. The summed E-state index contributed by atoms with van der Waals surface area (Å²) in [5.74, 6) is -0.737. The number of hydrogen-bond donors (Lipinski definition) is 4. The maximum Gasteiger partial charge on any atom is 0.297 e. The zero-order valence-corrected chi connectivity index (χ0v) is 40.0. The highest BCUT2D eigenvalue weighted by atomic mass is 35.5. The van der Waals surface area contributed by atoms with Crippen molar-refractivity contribution in [3.05, 3.63) is 105 Å². The minimum absolute atomic E-state index is 0.0398. The van der Waals surface area contributed by atoms with Gasteiger partial charge in [-0.25, -0.2) is 22.5 Å². The molecule has 360 valence electrons. The maximum absolute atomic E-state index is 14.7. The first kappa shape index (κ1) is 46.2. The molecule has 4 N–H and O–H groups in total. The summed E-state index contributed by atoms with van der Waals surface area (Å²) in [7, 11) is -4.75. The fraction of sp³-hybridized carbons (Fsp3) is 0.480. The van der Waals surface area contributed by atoms with Crippen molar-refractivity contribution in [2.45, 2.75) is 113 Å². The number of fused-ring (bicyclic) bond motifs is 2. The lowest BCUT2D eigenvalue weighted by atomic mass is 9.70. The second-order valence-electron chi connectivity index (χ2n) is 20.3. The van der Waals surface area contributed by atoms with Crippen LogP contribution < -0.4 is 24.4 Å². The largest absolute Gasteiger partial charge is 0.489 e. The highest BCUT2D eigenvalue weighted by molar-refractivity contribution is 7.90. The van der Waals surface area contributed by atoms with E-state index in [4.69, 9.17) is 21.1 Å². The summed E-state index contributed by atoms with van der Waals surface area (Å²) in [6.45, 7) is 10.1. The van der Waals surface area contributed by atoms with E-state index in [-0.39, 0.29) is 68.7 Å². The number of rotatable bonds is 11. The van der Waals surface area contributed by atoms with Crippen LogP contribution in [0, 0.1) is 27.3 Å². The maximum atomic E-state index is 14.7. The Morgan fingerprint density at radius 1 is 1.04 bits per heavy atom. The van der Waals surface area contributed by atoms with Gasteiger partial charge in [0.15, 0.2) is 22.3 Å². The van der Waals surface area contributed by atoms with Crippen LogP contribution in [0.3, 0.4) is 0 Å². The molecule has 2 saturated carbocycles. The van der Waals surface area contributed by atoms with Crippen LogP contribution in [0.5, 0.6) is 17.2 Å². The van der Waals surface area contributed by atoms with Gasteiger partial charge in [-0.15, -0.1) is 0 Å². The third-order valence-electron chi connectivity index (χ3n) is 15.4. The molecule has 18 heteroatoms. The quantitative estimate of drug-likeness (QED) is 0.0558. The Morgan fingerprint density at radius 2 is 1.79 bits per heavy atom. The monoisotopic (exact) mass is 969 g/mol. The molecule has 5 heterocycles. The number of nitro groups is 1. The molecule has 4 fully saturated rings. The van der Waals surface area contributed by atoms with Gasteiger partial charge in [-0.3, -0.25) is 19.8 Å². The lowest BCUT2D eigenvalue weighted by Gasteiger charge is -2.57. The molecule has 2 saturated heterocycles. The first-order chi connectivity index (χ1) is 32.5. The van der Waals surface area contributed by atoms with Crippen LogP contribution in [-0.4, -0.2) is 89.7 Å². The Labute approximate surface area is 399 Å². The van der Waals surface area contributed by atoms with E-state index in [1.54, 1.807) is 19.1 Å². The highest BCUT2D eigenvalue weighted by Gasteiger charge is 2.49. The molecule has 3 atom stereocenters. The second kappa shape index (κ2) is 17.8. The number of hydrogen-bond acceptors (Lipinski definition) is 12. The van der Waals surface area contributed by atoms with Gasteiger partial charge in [0.2, 0.25) is 0 Å². The molecule has 0 radical (unpaired) electrons. The third-order valence-corrected chi connectivity index (χ3v) is 17.0. The number of aliphatic hydroxyl groups is 1. The van der Waals surface area contributed by atoms with Crippen LogP contribution in [-0.2, 0) is 10.0 Å². The topological polar surface area (TPSA) is 192 Å². The molecule has 3 aromatic carbocycles. The predicted molar refractivity (Wildman–Crippen MR) is 257 cm³/mol. The zero-order valence-electron chi connectivity index (χ0n) is 38.4. The van der Waals surface area contributed by atoms with Crippen LogP contribution in [0.1, 0.15) is 112 Å². The van der Waals surface area contributed by atoms with Crippen LogP contribution in [0.15, 0.2) is 71.8 Å². The number of aromatic nitrogens is 2. The number of H-pyrrole nitrogens is 1. The minimum atomic E-state index is -4.75. The Balaban J connectivity index is 0.874. The number of piperidine rings is 1. The van der Waals surface area contributed by atoms with Crippen molar-refractivity contribution in [1.29, 1.82) is 0 Å². The predicted octanol–water partition coefficient (Wildman–Crippen LogP) is 9.65. The number of anilines is 2. The van der Waals surface area contributed by atoms with Crippen molar-refractivity contribution in [3.63, 3.8) is 0 Å². The molecular formula is C50H57ClFN7O8S. The van der Waals surface area contributed by atoms with Crippen molar-refractivity contribution < 1.29 is 37.1 Å². The fourth-order valence-electron chi connectivity index (χ4n) is 11.6. The van der Waals surface area contributed by atoms with Gasteiger partial charge in [0, 0.05) is 62.3 Å². The molecule has 1 spiro atoms. The first-order valence-electron chi connectivity index (χ1n) is 23.7. The number of benzene rings is 3. The lowest BCUT2D eigenvalue weighted by molar-refractivity contribution is -0.384. The molecule has 5 aromatic rings. The Bertz CT molecular complexity index is 2890. The Kier molecular flexibility index (Phi) is 12.1. The van der Waals surface area contributed by atoms with Crippen LogP contribution in [0.25, 0.3) is 11.0 Å². The normalized spacial score (nSPS) is 24.8. The van der Waals surface area contributed by atoms with E-state index < -0.39 is 42.9 Å². The standard InChI is InChI=1S/C50H57ClFN7O8S/c1-29(2)33-7-4-5-8-34(33)35-9-6-10-40(35)58-27-50(28-58)17-19-57(20-18-50)31-11-12-36(42(21-31)67-44-24-37-38(52)25-53-47(37)55-46(44)51)48(60)56-68(64,65)32-22-41(59(62)63)45-43(23-32)66-26-39(54-45)30-13-15-49(3,61)16-14-30/h4-5,7-8,11-12,21-25,29-30,35,39-40,54,61H,6,9-10,13-20,26-28H2,1-3H3,(H,53,55)(H,56,60)/t30-,35-,39-,40-,49-/m1/s1. The highest BCUT2D eigenvalue weighted by Crippen LogP contribution is 2.49. The van der Waals surface area contributed by atoms with Gasteiger partial charge in [-0.2, -0.15) is 0 Å². The van der Waals surface area contributed by atoms with Crippen molar-refractivity contribution in [1.82, 2.24) is 19.6 Å². The SMILES string of the molecule is CC(C)c1ccccc1[C@H]1CCC[C@H]1N1CC2(CCN(c3ccc(C(=O)NS(=O)(=O)c4cc5c(c([N+](=O)[O-])c4)N[C@@H]([C@H]4CC[C@](C)(O)CC4)CO5)c(Oc4cc5c(F)c[nH]c5nc4Cl)c3)CC2)C1. The van der Waals surface area contributed by atoms with Gasteiger partial charge in [0.1, 0.15) is 23.8 Å². The van der Waals surface area contributed by atoms with Gasteiger partial charge in [-0.1, -0.05) is 56.1 Å². The number of aromatic amines is 1. The molecular weight excluding hydrogens is 913 g/mol. The molecule has 10 rings (SSSR count). The molecule has 0 unspecified atom stereocenters. The van der Waals surface area contributed by atoms with E-state index in [1.807, 2.05) is 0 Å². The molecule has 2 aliphatic carbocycles. The second-order valence-corrected chi connectivity index (χ2v) is 22.3. The number of halogens is 2. The number of carbonyl (C=O) groups is 1. The molecule has 15 nitrogen and oxygen atoms in total. The number of carbonyl (C=O) groups excluding carboxylic acids is 1. The number of pyridine rings is 1. The van der Waals surface area contributed by atoms with E-state index in [2.05, 4.69) is 67.9 Å². The van der Waals surface area contributed by atoms with E-state index >= 15 is 0 Å². The van der Waals surface area contributed by atoms with Crippen LogP contribution >= 0.6 is 11.6 Å². The van der Waals surface area contributed by atoms with Crippen LogP contribution in [0.2, 0.25) is 5.15 Å². The number of likely N-dealkylation sites (tertiary alicyclic amines) is 1. The molecule has 5 aliphatic rings. The summed E-state index contributed by atoms with van der Waals surface area (Å²) in [5, 5.41) is 26.0. The van der Waals surface area contributed by atoms with Crippen molar-refractivity contribution in [2.24, 2.45) is 11.3 Å². The average Bonchev–Trinajstić information content (AvgIpc) is 3.93. The Hall–Kier alpha value is -5.49. The minimum Gasteiger partial charge on any atom is -0.489 e. The summed E-state index contributed by atoms with van der Waals surface area (Å²) in [6.07, 6.45) is 9.26. The molecule has 68 heavy (non-hydrogen) atoms. The molecule has 2 aromatic heterocycles. The zero-order chi connectivity index (χ0) is 47.7. The van der Waals surface area contributed by atoms with Gasteiger partial charge < -0.3 is 29.8 Å².